The van der Waals surface area contributed by atoms with Gasteiger partial charge in [-0.15, -0.1) is 0 Å². The summed E-state index contributed by atoms with van der Waals surface area (Å²) in [6.45, 7) is 6.91. The van der Waals surface area contributed by atoms with Gasteiger partial charge in [0.25, 0.3) is 0 Å². The Labute approximate surface area is 538 Å². The summed E-state index contributed by atoms with van der Waals surface area (Å²) in [7, 11) is 1.48. The molecule has 0 rings (SSSR count). The molecule has 0 radical (unpaired) electrons. The second kappa shape index (κ2) is 65.9. The number of unbranched alkanes of at least 4 members (excludes halogenated alkanes) is 36. The fourth-order valence-corrected chi connectivity index (χ4v) is 11.1. The van der Waals surface area contributed by atoms with Crippen LogP contribution in [0.2, 0.25) is 0 Å². The predicted octanol–water partition coefficient (Wildman–Crippen LogP) is 23.5. The minimum absolute atomic E-state index is 0.0329. The average molecular weight is 1240 g/mol. The van der Waals surface area contributed by atoms with Crippen molar-refractivity contribution >= 4 is 19.7 Å². The number of nitrogens with one attached hydrogen (secondary N) is 1. The maximum absolute atomic E-state index is 13.6. The number of phosphoric ester groups is 1. The van der Waals surface area contributed by atoms with Gasteiger partial charge in [-0.3, -0.25) is 18.6 Å². The Hall–Kier alpha value is -3.07. The Balaban J connectivity index is 5.13. The van der Waals surface area contributed by atoms with E-state index >= 15 is 0 Å². The van der Waals surface area contributed by atoms with E-state index < -0.39 is 20.0 Å². The summed E-state index contributed by atoms with van der Waals surface area (Å²) in [6.07, 6.45) is 89.9. The fraction of sp³-hybridized carbons (Fsp3) is 0.766. The highest BCUT2D eigenvalue weighted by Crippen LogP contribution is 2.43. The predicted molar refractivity (Wildman–Crippen MR) is 378 cm³/mol. The molecular weight excluding hydrogens is 1100 g/mol. The summed E-state index contributed by atoms with van der Waals surface area (Å²) in [5.41, 5.74) is 0. The lowest BCUT2D eigenvalue weighted by Crippen LogP contribution is -2.47. The van der Waals surface area contributed by atoms with Gasteiger partial charge in [0.1, 0.15) is 19.3 Å². The van der Waals surface area contributed by atoms with Gasteiger partial charge in [0.2, 0.25) is 5.91 Å². The molecule has 3 unspecified atom stereocenters. The smallest absolute Gasteiger partial charge is 0.456 e. The van der Waals surface area contributed by atoms with Crippen LogP contribution in [0.4, 0.5) is 0 Å². The van der Waals surface area contributed by atoms with E-state index in [0.29, 0.717) is 23.9 Å². The minimum atomic E-state index is -4.47. The lowest BCUT2D eigenvalue weighted by molar-refractivity contribution is -0.870. The molecule has 504 valence electrons. The van der Waals surface area contributed by atoms with Crippen LogP contribution >= 0.6 is 7.82 Å². The van der Waals surface area contributed by atoms with Crippen molar-refractivity contribution in [2.45, 2.75) is 341 Å². The number of rotatable bonds is 66. The molecule has 0 saturated carbocycles. The van der Waals surface area contributed by atoms with Gasteiger partial charge in [0.05, 0.1) is 33.8 Å². The van der Waals surface area contributed by atoms with E-state index in [2.05, 4.69) is 111 Å². The molecule has 0 aliphatic heterocycles. The highest BCUT2D eigenvalue weighted by atomic mass is 31.2. The quantitative estimate of drug-likeness (QED) is 0.0205. The number of phosphoric acid groups is 1. The molecule has 0 aromatic heterocycles. The molecule has 0 fully saturated rings. The van der Waals surface area contributed by atoms with Crippen molar-refractivity contribution in [3.8, 4) is 0 Å². The zero-order valence-electron chi connectivity index (χ0n) is 57.7. The highest BCUT2D eigenvalue weighted by Gasteiger charge is 2.30. The first kappa shape index (κ1) is 83.9. The standard InChI is InChI=1S/C77H139N2O7P/c1-7-10-13-16-19-22-25-28-30-32-34-36-38-39-41-42-44-46-48-51-54-57-60-63-66-69-76(80)78-74(73-85-87(82,83)84-72-71-79(4,5)6)75(68-65-62-59-56-53-50-27-24-21-18-15-12-9-3)86-77(81)70-67-64-61-58-55-52-49-47-45-43-40-37-35-33-31-29-26-23-20-17-14-11-8-2/h11,14,20,23,28-31,35,37,43,45,49,52,65,68,74-75H,7-10,12-13,15-19,21-22,24-27,32-34,36,38-42,44,46-48,50-51,53-64,66-67,69-73H2,1-6H3,(H-,78,80,82,83)/p+1/b14-11-,23-20-,30-28+,31-29-,37-35-,45-43-,52-49-,68-65+. The van der Waals surface area contributed by atoms with Crippen molar-refractivity contribution in [1.29, 1.82) is 0 Å². The maximum atomic E-state index is 13.6. The van der Waals surface area contributed by atoms with Crippen LogP contribution in [-0.4, -0.2) is 74.3 Å². The van der Waals surface area contributed by atoms with Crippen LogP contribution in [0.3, 0.4) is 0 Å². The molecule has 9 nitrogen and oxygen atoms in total. The molecule has 0 spiro atoms. The second-order valence-electron chi connectivity index (χ2n) is 25.7. The number of amides is 1. The van der Waals surface area contributed by atoms with E-state index in [9.17, 15) is 19.0 Å². The van der Waals surface area contributed by atoms with Crippen molar-refractivity contribution in [2.75, 3.05) is 40.9 Å². The van der Waals surface area contributed by atoms with Gasteiger partial charge in [0.15, 0.2) is 0 Å². The SMILES string of the molecule is CC/C=C\C/C=C\C/C=C\C/C=C\C/C=C\C/C=C\CCCCCCC(=O)OC(/C=C/CCCCCCCCCCCCC)C(COP(=O)(O)OCC[N+](C)(C)C)NC(=O)CCCCCCCCCCCCCCCCC/C=C/CCCCCCCC. The molecule has 0 aliphatic rings. The monoisotopic (exact) mass is 1240 g/mol. The number of hydrogen-bond donors (Lipinski definition) is 2. The molecule has 2 N–H and O–H groups in total. The van der Waals surface area contributed by atoms with Crippen LogP contribution in [-0.2, 0) is 27.9 Å². The molecule has 1 amide bonds. The van der Waals surface area contributed by atoms with Gasteiger partial charge in [-0.25, -0.2) is 4.57 Å². The van der Waals surface area contributed by atoms with E-state index in [1.165, 1.54) is 186 Å². The molecule has 0 heterocycles. The Morgan fingerprint density at radius 1 is 0.414 bits per heavy atom. The van der Waals surface area contributed by atoms with E-state index in [1.807, 2.05) is 33.3 Å². The highest BCUT2D eigenvalue weighted by molar-refractivity contribution is 7.47. The van der Waals surface area contributed by atoms with Gasteiger partial charge in [-0.1, -0.05) is 305 Å². The molecule has 87 heavy (non-hydrogen) atoms. The Bertz CT molecular complexity index is 1810. The maximum Gasteiger partial charge on any atom is 0.472 e. The third-order valence-electron chi connectivity index (χ3n) is 16.0. The first-order chi connectivity index (χ1) is 42.4. The molecule has 0 saturated heterocycles. The zero-order chi connectivity index (χ0) is 63.5. The number of carbonyl (C=O) groups is 2. The third-order valence-corrected chi connectivity index (χ3v) is 17.0. The van der Waals surface area contributed by atoms with Gasteiger partial charge in [-0.05, 0) is 109 Å². The van der Waals surface area contributed by atoms with E-state index in [-0.39, 0.29) is 31.5 Å². The number of esters is 1. The first-order valence-electron chi connectivity index (χ1n) is 36.6. The lowest BCUT2D eigenvalue weighted by Gasteiger charge is -2.27. The summed E-state index contributed by atoms with van der Waals surface area (Å²) in [4.78, 5) is 38.0. The number of hydrogen-bond acceptors (Lipinski definition) is 6. The number of likely N-dealkylation sites (N-methyl/N-ethyl adjacent to an activating group) is 1. The lowest BCUT2D eigenvalue weighted by atomic mass is 10.0. The number of quaternary nitrogens is 1. The van der Waals surface area contributed by atoms with Crippen molar-refractivity contribution in [2.24, 2.45) is 0 Å². The summed E-state index contributed by atoms with van der Waals surface area (Å²) >= 11 is 0. The largest absolute Gasteiger partial charge is 0.472 e. The average Bonchev–Trinajstić information content (AvgIpc) is 3.70. The molecule has 0 aromatic carbocycles. The van der Waals surface area contributed by atoms with Crippen molar-refractivity contribution in [3.63, 3.8) is 0 Å². The van der Waals surface area contributed by atoms with E-state index in [1.54, 1.807) is 0 Å². The molecule has 0 aromatic rings. The number of allylic oxidation sites excluding steroid dienone is 15. The van der Waals surface area contributed by atoms with Crippen molar-refractivity contribution < 1.29 is 37.3 Å². The number of ether oxygens (including phenoxy) is 1. The van der Waals surface area contributed by atoms with Gasteiger partial charge >= 0.3 is 13.8 Å². The molecule has 10 heteroatoms. The van der Waals surface area contributed by atoms with Crippen molar-refractivity contribution in [1.82, 2.24) is 5.32 Å². The van der Waals surface area contributed by atoms with Gasteiger partial charge in [-0.2, -0.15) is 0 Å². The Morgan fingerprint density at radius 3 is 1.11 bits per heavy atom. The normalized spacial score (nSPS) is 14.1. The van der Waals surface area contributed by atoms with Gasteiger partial charge in [0, 0.05) is 12.8 Å². The molecular formula is C77H140N2O7P+. The minimum Gasteiger partial charge on any atom is -0.456 e. The van der Waals surface area contributed by atoms with Crippen LogP contribution in [0, 0.1) is 0 Å². The fourth-order valence-electron chi connectivity index (χ4n) is 10.4. The van der Waals surface area contributed by atoms with Crippen LogP contribution in [0.1, 0.15) is 329 Å². The molecule has 0 bridgehead atoms. The van der Waals surface area contributed by atoms with Gasteiger partial charge < -0.3 is 19.4 Å². The summed E-state index contributed by atoms with van der Waals surface area (Å²) in [5, 5.41) is 3.07. The first-order valence-corrected chi connectivity index (χ1v) is 38.1. The van der Waals surface area contributed by atoms with Crippen LogP contribution in [0.15, 0.2) is 97.2 Å². The molecule has 3 atom stereocenters. The van der Waals surface area contributed by atoms with E-state index in [4.69, 9.17) is 13.8 Å². The Kier molecular flexibility index (Phi) is 63.5. The van der Waals surface area contributed by atoms with Crippen molar-refractivity contribution in [3.05, 3.63) is 97.2 Å². The second-order valence-corrected chi connectivity index (χ2v) is 27.2. The van der Waals surface area contributed by atoms with Crippen LogP contribution < -0.4 is 5.32 Å². The summed E-state index contributed by atoms with van der Waals surface area (Å²) in [5.74, 6) is -0.527. The topological polar surface area (TPSA) is 111 Å². The summed E-state index contributed by atoms with van der Waals surface area (Å²) in [6, 6.07) is -0.865. The summed E-state index contributed by atoms with van der Waals surface area (Å²) < 4.78 is 30.8. The molecule has 0 aliphatic carbocycles. The number of nitrogens with zero attached hydrogens (tertiary/aromatic N) is 1. The van der Waals surface area contributed by atoms with E-state index in [0.717, 1.165) is 103 Å². The number of carbonyl (C=O) groups excluding carboxylic acids is 2. The van der Waals surface area contributed by atoms with Crippen LogP contribution in [0.25, 0.3) is 0 Å². The third kappa shape index (κ3) is 67.2. The van der Waals surface area contributed by atoms with Crippen LogP contribution in [0.5, 0.6) is 0 Å². The Morgan fingerprint density at radius 2 is 0.736 bits per heavy atom. The zero-order valence-corrected chi connectivity index (χ0v) is 58.6.